The van der Waals surface area contributed by atoms with Crippen LogP contribution in [0.4, 0.5) is 5.82 Å². The van der Waals surface area contributed by atoms with Crippen molar-refractivity contribution in [2.24, 2.45) is 7.05 Å². The molecular formula is C15H15BrN6O. The number of halogens is 1. The van der Waals surface area contributed by atoms with Crippen LogP contribution < -0.4 is 4.90 Å². The largest absolute Gasteiger partial charge is 0.352 e. The maximum atomic E-state index is 12.4. The average molecular weight is 375 g/mol. The van der Waals surface area contributed by atoms with Gasteiger partial charge in [0.2, 0.25) is 0 Å². The van der Waals surface area contributed by atoms with Crippen LogP contribution in [-0.2, 0) is 7.05 Å². The highest BCUT2D eigenvalue weighted by atomic mass is 79.9. The highest BCUT2D eigenvalue weighted by molar-refractivity contribution is 9.10. The van der Waals surface area contributed by atoms with Crippen molar-refractivity contribution in [3.63, 3.8) is 0 Å². The summed E-state index contributed by atoms with van der Waals surface area (Å²) in [6.45, 7) is 2.48. The Bertz CT molecular complexity index is 773. The molecule has 3 heterocycles. The number of piperazine rings is 1. The van der Waals surface area contributed by atoms with E-state index < -0.39 is 0 Å². The van der Waals surface area contributed by atoms with Crippen LogP contribution in [-0.4, -0.2) is 51.8 Å². The zero-order valence-corrected chi connectivity index (χ0v) is 14.2. The smallest absolute Gasteiger partial charge is 0.257 e. The molecule has 0 unspecified atom stereocenters. The van der Waals surface area contributed by atoms with Gasteiger partial charge in [0.05, 0.1) is 17.3 Å². The Hall–Kier alpha value is -2.40. The second kappa shape index (κ2) is 6.38. The first-order valence-corrected chi connectivity index (χ1v) is 7.96. The van der Waals surface area contributed by atoms with Crippen LogP contribution in [0.3, 0.4) is 0 Å². The molecule has 0 atom stereocenters. The predicted octanol–water partition coefficient (Wildman–Crippen LogP) is 1.41. The summed E-state index contributed by atoms with van der Waals surface area (Å²) >= 11 is 3.32. The van der Waals surface area contributed by atoms with E-state index in [4.69, 9.17) is 0 Å². The predicted molar refractivity (Wildman–Crippen MR) is 88.0 cm³/mol. The van der Waals surface area contributed by atoms with Crippen molar-refractivity contribution in [1.29, 1.82) is 5.26 Å². The molecule has 1 saturated heterocycles. The first-order valence-electron chi connectivity index (χ1n) is 7.17. The summed E-state index contributed by atoms with van der Waals surface area (Å²) in [5, 5.41) is 13.3. The minimum absolute atomic E-state index is 0.0120. The number of pyridine rings is 1. The Morgan fingerprint density at radius 2 is 2.04 bits per heavy atom. The SMILES string of the molecule is Cn1cc(C(=O)N2CCN(c3ncc(Br)cc3C#N)CC2)cn1. The summed E-state index contributed by atoms with van der Waals surface area (Å²) in [5.41, 5.74) is 1.13. The van der Waals surface area contributed by atoms with Crippen LogP contribution in [0.2, 0.25) is 0 Å². The summed E-state index contributed by atoms with van der Waals surface area (Å²) in [4.78, 5) is 20.6. The van der Waals surface area contributed by atoms with Gasteiger partial charge < -0.3 is 9.80 Å². The highest BCUT2D eigenvalue weighted by Crippen LogP contribution is 2.22. The Balaban J connectivity index is 1.69. The number of aryl methyl sites for hydroxylation is 1. The second-order valence-electron chi connectivity index (χ2n) is 5.32. The van der Waals surface area contributed by atoms with Crippen molar-refractivity contribution in [3.05, 3.63) is 40.3 Å². The topological polar surface area (TPSA) is 78.0 Å². The molecule has 0 aromatic carbocycles. The van der Waals surface area contributed by atoms with E-state index in [-0.39, 0.29) is 5.91 Å². The Labute approximate surface area is 142 Å². The van der Waals surface area contributed by atoms with E-state index in [2.05, 4.69) is 32.1 Å². The van der Waals surface area contributed by atoms with Crippen LogP contribution >= 0.6 is 15.9 Å². The highest BCUT2D eigenvalue weighted by Gasteiger charge is 2.24. The summed E-state index contributed by atoms with van der Waals surface area (Å²) in [5.74, 6) is 0.659. The molecule has 2 aromatic heterocycles. The number of amides is 1. The van der Waals surface area contributed by atoms with Gasteiger partial charge in [-0.3, -0.25) is 9.48 Å². The van der Waals surface area contributed by atoms with Crippen molar-refractivity contribution in [2.45, 2.75) is 0 Å². The van der Waals surface area contributed by atoms with Crippen LogP contribution in [0.1, 0.15) is 15.9 Å². The van der Waals surface area contributed by atoms with Gasteiger partial charge in [-0.1, -0.05) is 0 Å². The molecule has 0 saturated carbocycles. The van der Waals surface area contributed by atoms with Crippen LogP contribution in [0.25, 0.3) is 0 Å². The van der Waals surface area contributed by atoms with Gasteiger partial charge in [-0.25, -0.2) is 4.98 Å². The number of aromatic nitrogens is 3. The summed E-state index contributed by atoms with van der Waals surface area (Å²) < 4.78 is 2.40. The molecule has 1 amide bonds. The van der Waals surface area contributed by atoms with Gasteiger partial charge in [-0.05, 0) is 22.0 Å². The molecule has 0 bridgehead atoms. The maximum Gasteiger partial charge on any atom is 0.257 e. The van der Waals surface area contributed by atoms with Crippen molar-refractivity contribution < 1.29 is 4.79 Å². The van der Waals surface area contributed by atoms with E-state index in [1.807, 2.05) is 4.90 Å². The number of hydrogen-bond acceptors (Lipinski definition) is 5. The second-order valence-corrected chi connectivity index (χ2v) is 6.23. The molecule has 1 aliphatic rings. The van der Waals surface area contributed by atoms with E-state index in [0.29, 0.717) is 43.1 Å². The lowest BCUT2D eigenvalue weighted by molar-refractivity contribution is 0.0746. The zero-order chi connectivity index (χ0) is 16.4. The monoisotopic (exact) mass is 374 g/mol. The third-order valence-corrected chi connectivity index (χ3v) is 4.21. The third-order valence-electron chi connectivity index (χ3n) is 3.77. The van der Waals surface area contributed by atoms with E-state index in [1.165, 1.54) is 0 Å². The number of anilines is 1. The van der Waals surface area contributed by atoms with Crippen molar-refractivity contribution >= 4 is 27.7 Å². The van der Waals surface area contributed by atoms with Gasteiger partial charge >= 0.3 is 0 Å². The Kier molecular flexibility index (Phi) is 4.30. The number of carbonyl (C=O) groups is 1. The summed E-state index contributed by atoms with van der Waals surface area (Å²) in [7, 11) is 1.79. The van der Waals surface area contributed by atoms with E-state index in [1.54, 1.807) is 41.3 Å². The molecule has 1 aliphatic heterocycles. The molecule has 0 N–H and O–H groups in total. The van der Waals surface area contributed by atoms with Gasteiger partial charge in [0.15, 0.2) is 0 Å². The normalized spacial score (nSPS) is 14.7. The minimum Gasteiger partial charge on any atom is -0.352 e. The Morgan fingerprint density at radius 1 is 1.30 bits per heavy atom. The van der Waals surface area contributed by atoms with Gasteiger partial charge in [0.25, 0.3) is 5.91 Å². The average Bonchev–Trinajstić information content (AvgIpc) is 3.00. The molecule has 118 valence electrons. The van der Waals surface area contributed by atoms with Gasteiger partial charge in [-0.15, -0.1) is 0 Å². The van der Waals surface area contributed by atoms with Crippen molar-refractivity contribution in [1.82, 2.24) is 19.7 Å². The maximum absolute atomic E-state index is 12.4. The molecular weight excluding hydrogens is 360 g/mol. The summed E-state index contributed by atoms with van der Waals surface area (Å²) in [6, 6.07) is 3.93. The molecule has 3 rings (SSSR count). The quantitative estimate of drug-likeness (QED) is 0.793. The van der Waals surface area contributed by atoms with E-state index >= 15 is 0 Å². The van der Waals surface area contributed by atoms with E-state index in [9.17, 15) is 10.1 Å². The molecule has 0 spiro atoms. The first-order chi connectivity index (χ1) is 11.1. The molecule has 1 fully saturated rings. The number of nitrogens with zero attached hydrogens (tertiary/aromatic N) is 6. The van der Waals surface area contributed by atoms with Gasteiger partial charge in [-0.2, -0.15) is 10.4 Å². The molecule has 0 radical (unpaired) electrons. The number of nitriles is 1. The fraction of sp³-hybridized carbons (Fsp3) is 0.333. The summed E-state index contributed by atoms with van der Waals surface area (Å²) in [6.07, 6.45) is 4.99. The van der Waals surface area contributed by atoms with Crippen LogP contribution in [0.5, 0.6) is 0 Å². The minimum atomic E-state index is -0.0120. The molecule has 7 nitrogen and oxygen atoms in total. The molecule has 2 aromatic rings. The van der Waals surface area contributed by atoms with Crippen LogP contribution in [0, 0.1) is 11.3 Å². The lowest BCUT2D eigenvalue weighted by Crippen LogP contribution is -2.49. The fourth-order valence-corrected chi connectivity index (χ4v) is 2.93. The zero-order valence-electron chi connectivity index (χ0n) is 12.6. The number of rotatable bonds is 2. The molecule has 8 heteroatoms. The lowest BCUT2D eigenvalue weighted by Gasteiger charge is -2.35. The standard InChI is InChI=1S/C15H15BrN6O/c1-20-10-12(8-19-20)15(23)22-4-2-21(3-5-22)14-11(7-17)6-13(16)9-18-14/h6,8-10H,2-5H2,1H3. The first kappa shape index (κ1) is 15.5. The van der Waals surface area contributed by atoms with Crippen molar-refractivity contribution in [2.75, 3.05) is 31.1 Å². The fourth-order valence-electron chi connectivity index (χ4n) is 2.60. The number of carbonyl (C=O) groups excluding carboxylic acids is 1. The van der Waals surface area contributed by atoms with Gasteiger partial charge in [0, 0.05) is 50.1 Å². The molecule has 23 heavy (non-hydrogen) atoms. The van der Waals surface area contributed by atoms with Gasteiger partial charge in [0.1, 0.15) is 11.9 Å². The van der Waals surface area contributed by atoms with E-state index in [0.717, 1.165) is 4.47 Å². The lowest BCUT2D eigenvalue weighted by atomic mass is 10.2. The third kappa shape index (κ3) is 3.19. The number of hydrogen-bond donors (Lipinski definition) is 0. The molecule has 0 aliphatic carbocycles. The van der Waals surface area contributed by atoms with Crippen LogP contribution in [0.15, 0.2) is 29.1 Å². The van der Waals surface area contributed by atoms with Crippen molar-refractivity contribution in [3.8, 4) is 6.07 Å². The Morgan fingerprint density at radius 3 is 2.65 bits per heavy atom.